The van der Waals surface area contributed by atoms with Gasteiger partial charge in [0.05, 0.1) is 17.4 Å². The lowest BCUT2D eigenvalue weighted by atomic mass is 9.79. The molecule has 0 aliphatic heterocycles. The van der Waals surface area contributed by atoms with Crippen LogP contribution in [0, 0.1) is 6.92 Å². The zero-order chi connectivity index (χ0) is 12.5. The summed E-state index contributed by atoms with van der Waals surface area (Å²) in [5, 5.41) is 15.1. The largest absolute Gasteiger partial charge is 0.387 e. The molecule has 2 atom stereocenters. The van der Waals surface area contributed by atoms with E-state index in [1.165, 1.54) is 0 Å². The highest BCUT2D eigenvalue weighted by atomic mass is 16.5. The summed E-state index contributed by atoms with van der Waals surface area (Å²) in [6.45, 7) is 1.97. The van der Waals surface area contributed by atoms with E-state index in [2.05, 4.69) is 5.10 Å². The average Bonchev–Trinajstić information content (AvgIpc) is 2.57. The maximum absolute atomic E-state index is 10.8. The number of rotatable bonds is 3. The molecular formula is C13H22N2O2. The van der Waals surface area contributed by atoms with Crippen molar-refractivity contribution >= 4 is 0 Å². The van der Waals surface area contributed by atoms with Crippen LogP contribution in [0.2, 0.25) is 0 Å². The highest BCUT2D eigenvalue weighted by Crippen LogP contribution is 2.33. The van der Waals surface area contributed by atoms with Gasteiger partial charge in [-0.05, 0) is 25.8 Å². The lowest BCUT2D eigenvalue weighted by Gasteiger charge is -2.39. The molecule has 0 aromatic carbocycles. The summed E-state index contributed by atoms with van der Waals surface area (Å²) in [7, 11) is 3.62. The molecule has 1 heterocycles. The summed E-state index contributed by atoms with van der Waals surface area (Å²) >= 11 is 0. The summed E-state index contributed by atoms with van der Waals surface area (Å²) in [6.07, 6.45) is 4.56. The fourth-order valence-corrected chi connectivity index (χ4v) is 2.87. The van der Waals surface area contributed by atoms with Crippen LogP contribution in [0.1, 0.15) is 37.1 Å². The third-order valence-corrected chi connectivity index (χ3v) is 3.80. The van der Waals surface area contributed by atoms with Crippen molar-refractivity contribution in [2.24, 2.45) is 7.05 Å². The van der Waals surface area contributed by atoms with Gasteiger partial charge in [-0.1, -0.05) is 12.8 Å². The van der Waals surface area contributed by atoms with Crippen molar-refractivity contribution in [2.75, 3.05) is 7.11 Å². The van der Waals surface area contributed by atoms with Gasteiger partial charge in [-0.15, -0.1) is 0 Å². The van der Waals surface area contributed by atoms with E-state index in [1.54, 1.807) is 7.11 Å². The van der Waals surface area contributed by atoms with Crippen LogP contribution in [0.15, 0.2) is 6.07 Å². The number of aromatic nitrogens is 2. The third-order valence-electron chi connectivity index (χ3n) is 3.80. The first kappa shape index (κ1) is 12.6. The Balaban J connectivity index is 2.17. The topological polar surface area (TPSA) is 47.3 Å². The molecule has 17 heavy (non-hydrogen) atoms. The van der Waals surface area contributed by atoms with E-state index in [0.717, 1.165) is 37.1 Å². The van der Waals surface area contributed by atoms with Crippen LogP contribution in [-0.4, -0.2) is 33.7 Å². The van der Waals surface area contributed by atoms with E-state index < -0.39 is 5.60 Å². The minimum absolute atomic E-state index is 0.0496. The predicted molar refractivity (Wildman–Crippen MR) is 65.9 cm³/mol. The van der Waals surface area contributed by atoms with Crippen LogP contribution in [0.5, 0.6) is 0 Å². The zero-order valence-corrected chi connectivity index (χ0v) is 10.9. The Morgan fingerprint density at radius 3 is 2.94 bits per heavy atom. The molecule has 0 radical (unpaired) electrons. The molecular weight excluding hydrogens is 216 g/mol. The minimum atomic E-state index is -0.729. The normalized spacial score (nSPS) is 29.5. The lowest BCUT2D eigenvalue weighted by molar-refractivity contribution is -0.116. The van der Waals surface area contributed by atoms with Gasteiger partial charge in [0.1, 0.15) is 0 Å². The minimum Gasteiger partial charge on any atom is -0.387 e. The van der Waals surface area contributed by atoms with E-state index >= 15 is 0 Å². The fraction of sp³-hybridized carbons (Fsp3) is 0.769. The molecule has 1 aromatic rings. The number of ether oxygens (including phenoxy) is 1. The number of nitrogens with zero attached hydrogens (tertiary/aromatic N) is 2. The standard InChI is InChI=1S/C13H22N2O2/c1-10-8-11(15(2)14-10)9-13(16)7-5-4-6-12(13)17-3/h8,12,16H,4-7,9H2,1-3H3. The number of methoxy groups -OCH3 is 1. The predicted octanol–water partition coefficient (Wildman–Crippen LogP) is 1.59. The average molecular weight is 238 g/mol. The number of aliphatic hydroxyl groups is 1. The fourth-order valence-electron chi connectivity index (χ4n) is 2.87. The SMILES string of the molecule is COC1CCCCC1(O)Cc1cc(C)nn1C. The van der Waals surface area contributed by atoms with Gasteiger partial charge in [0, 0.05) is 26.3 Å². The van der Waals surface area contributed by atoms with E-state index in [0.29, 0.717) is 6.42 Å². The maximum Gasteiger partial charge on any atom is 0.0963 e. The molecule has 1 fully saturated rings. The lowest BCUT2D eigenvalue weighted by Crippen LogP contribution is -2.48. The second-order valence-electron chi connectivity index (χ2n) is 5.15. The van der Waals surface area contributed by atoms with Crippen molar-refractivity contribution in [3.05, 3.63) is 17.5 Å². The Morgan fingerprint density at radius 2 is 2.35 bits per heavy atom. The molecule has 0 bridgehead atoms. The highest BCUT2D eigenvalue weighted by molar-refractivity contribution is 5.13. The Hall–Kier alpha value is -0.870. The quantitative estimate of drug-likeness (QED) is 0.870. The van der Waals surface area contributed by atoms with Crippen LogP contribution in [0.3, 0.4) is 0 Å². The van der Waals surface area contributed by atoms with Gasteiger partial charge in [0.15, 0.2) is 0 Å². The molecule has 4 heteroatoms. The van der Waals surface area contributed by atoms with E-state index in [1.807, 2.05) is 24.7 Å². The molecule has 0 saturated heterocycles. The van der Waals surface area contributed by atoms with Crippen molar-refractivity contribution in [3.63, 3.8) is 0 Å². The second kappa shape index (κ2) is 4.78. The first-order chi connectivity index (χ1) is 8.05. The Morgan fingerprint density at radius 1 is 1.59 bits per heavy atom. The van der Waals surface area contributed by atoms with Gasteiger partial charge >= 0.3 is 0 Å². The number of hydrogen-bond acceptors (Lipinski definition) is 3. The van der Waals surface area contributed by atoms with E-state index in [9.17, 15) is 5.11 Å². The Bertz CT molecular complexity index is 389. The summed E-state index contributed by atoms with van der Waals surface area (Å²) < 4.78 is 7.30. The van der Waals surface area contributed by atoms with Crippen molar-refractivity contribution in [1.29, 1.82) is 0 Å². The van der Waals surface area contributed by atoms with Crippen LogP contribution in [-0.2, 0) is 18.2 Å². The molecule has 1 saturated carbocycles. The maximum atomic E-state index is 10.8. The molecule has 1 aliphatic rings. The monoisotopic (exact) mass is 238 g/mol. The molecule has 96 valence electrons. The van der Waals surface area contributed by atoms with Crippen molar-refractivity contribution in [1.82, 2.24) is 9.78 Å². The smallest absolute Gasteiger partial charge is 0.0963 e. The number of aryl methyl sites for hydroxylation is 2. The van der Waals surface area contributed by atoms with Gasteiger partial charge in [0.25, 0.3) is 0 Å². The summed E-state index contributed by atoms with van der Waals surface area (Å²) in [5.41, 5.74) is 1.34. The molecule has 2 unspecified atom stereocenters. The first-order valence-corrected chi connectivity index (χ1v) is 6.30. The first-order valence-electron chi connectivity index (χ1n) is 6.30. The van der Waals surface area contributed by atoms with Crippen molar-refractivity contribution < 1.29 is 9.84 Å². The molecule has 0 spiro atoms. The van der Waals surface area contributed by atoms with Gasteiger partial charge in [-0.3, -0.25) is 4.68 Å². The zero-order valence-electron chi connectivity index (χ0n) is 10.9. The summed E-state index contributed by atoms with van der Waals surface area (Å²) in [4.78, 5) is 0. The number of hydrogen-bond donors (Lipinski definition) is 1. The van der Waals surface area contributed by atoms with Gasteiger partial charge in [-0.25, -0.2) is 0 Å². The summed E-state index contributed by atoms with van der Waals surface area (Å²) in [6, 6.07) is 2.04. The second-order valence-corrected chi connectivity index (χ2v) is 5.15. The molecule has 0 amide bonds. The molecule has 1 N–H and O–H groups in total. The summed E-state index contributed by atoms with van der Waals surface area (Å²) in [5.74, 6) is 0. The van der Waals surface area contributed by atoms with Crippen LogP contribution >= 0.6 is 0 Å². The van der Waals surface area contributed by atoms with Gasteiger partial charge in [0.2, 0.25) is 0 Å². The van der Waals surface area contributed by atoms with Crippen LogP contribution in [0.25, 0.3) is 0 Å². The molecule has 1 aliphatic carbocycles. The van der Waals surface area contributed by atoms with Gasteiger partial charge in [-0.2, -0.15) is 5.10 Å². The van der Waals surface area contributed by atoms with Gasteiger partial charge < -0.3 is 9.84 Å². The van der Waals surface area contributed by atoms with Crippen LogP contribution < -0.4 is 0 Å². The Kier molecular flexibility index (Phi) is 3.54. The molecule has 2 rings (SSSR count). The van der Waals surface area contributed by atoms with Crippen molar-refractivity contribution in [2.45, 2.75) is 50.7 Å². The molecule has 1 aromatic heterocycles. The van der Waals surface area contributed by atoms with Crippen LogP contribution in [0.4, 0.5) is 0 Å². The van der Waals surface area contributed by atoms with E-state index in [-0.39, 0.29) is 6.10 Å². The van der Waals surface area contributed by atoms with E-state index in [4.69, 9.17) is 4.74 Å². The Labute approximate surface area is 103 Å². The molecule has 4 nitrogen and oxygen atoms in total. The highest BCUT2D eigenvalue weighted by Gasteiger charge is 2.39. The third kappa shape index (κ3) is 2.53. The van der Waals surface area contributed by atoms with Crippen molar-refractivity contribution in [3.8, 4) is 0 Å².